The van der Waals surface area contributed by atoms with Gasteiger partial charge in [-0.05, 0) is 24.3 Å². The van der Waals surface area contributed by atoms with Crippen molar-refractivity contribution in [1.29, 1.82) is 0 Å². The molecule has 4 nitrogen and oxygen atoms in total. The molecule has 17 heavy (non-hydrogen) atoms. The number of rotatable bonds is 1. The molecule has 3 rings (SSSR count). The molecular weight excluding hydrogens is 216 g/mol. The predicted octanol–water partition coefficient (Wildman–Crippen LogP) is 1.83. The number of fused-ring (bicyclic) bond motifs is 1. The highest BCUT2D eigenvalue weighted by atomic mass is 16.2. The van der Waals surface area contributed by atoms with E-state index in [0.717, 1.165) is 0 Å². The Morgan fingerprint density at radius 2 is 1.47 bits per heavy atom. The monoisotopic (exact) mass is 226 g/mol. The van der Waals surface area contributed by atoms with Gasteiger partial charge in [0.05, 0.1) is 11.1 Å². The Kier molecular flexibility index (Phi) is 1.92. The maximum atomic E-state index is 12.1. The zero-order chi connectivity index (χ0) is 12.0. The van der Waals surface area contributed by atoms with Gasteiger partial charge in [-0.15, -0.1) is 0 Å². The van der Waals surface area contributed by atoms with Crippen LogP contribution in [0.2, 0.25) is 0 Å². The lowest BCUT2D eigenvalue weighted by Gasteiger charge is -2.14. The molecule has 1 aliphatic heterocycles. The molecule has 0 atom stereocenters. The number of carbonyl (C=O) groups is 2. The molecule has 2 aromatic rings. The van der Waals surface area contributed by atoms with Crippen molar-refractivity contribution in [2.75, 3.05) is 4.90 Å². The van der Waals surface area contributed by atoms with Crippen LogP contribution < -0.4 is 4.90 Å². The second kappa shape index (κ2) is 3.31. The highest BCUT2D eigenvalue weighted by molar-refractivity contribution is 6.34. The van der Waals surface area contributed by atoms with Crippen LogP contribution in [-0.4, -0.2) is 16.4 Å². The highest BCUT2D eigenvalue weighted by Gasteiger charge is 2.37. The van der Waals surface area contributed by atoms with Gasteiger partial charge >= 0.3 is 0 Å². The molecule has 2 heterocycles. The second-order valence-corrected chi connectivity index (χ2v) is 3.97. The molecule has 1 aromatic carbocycles. The number of anilines is 1. The summed E-state index contributed by atoms with van der Waals surface area (Å²) in [6, 6.07) is 10.4. The maximum absolute atomic E-state index is 12.1. The van der Waals surface area contributed by atoms with E-state index in [2.05, 4.69) is 0 Å². The van der Waals surface area contributed by atoms with E-state index in [9.17, 15) is 9.59 Å². The maximum Gasteiger partial charge on any atom is 0.267 e. The third kappa shape index (κ3) is 1.24. The number of hydrogen-bond acceptors (Lipinski definition) is 2. The standard InChI is InChI=1S/C13H10N2O2/c1-14-8-4-7-11(14)15-12(16)9-5-2-3-6-10(9)13(15)17/h2-8H,1H3. The fourth-order valence-corrected chi connectivity index (χ4v) is 2.08. The highest BCUT2D eigenvalue weighted by Crippen LogP contribution is 2.27. The Morgan fingerprint density at radius 1 is 0.882 bits per heavy atom. The van der Waals surface area contributed by atoms with Gasteiger partial charge in [-0.25, -0.2) is 4.90 Å². The van der Waals surface area contributed by atoms with E-state index >= 15 is 0 Å². The van der Waals surface area contributed by atoms with Gasteiger partial charge in [0.15, 0.2) is 0 Å². The van der Waals surface area contributed by atoms with Crippen LogP contribution in [0.5, 0.6) is 0 Å². The summed E-state index contributed by atoms with van der Waals surface area (Å²) in [5, 5.41) is 0. The van der Waals surface area contributed by atoms with Gasteiger partial charge in [0, 0.05) is 13.2 Å². The fraction of sp³-hybridized carbons (Fsp3) is 0.0769. The molecule has 0 radical (unpaired) electrons. The summed E-state index contributed by atoms with van der Waals surface area (Å²) in [7, 11) is 1.80. The number of imide groups is 1. The molecule has 0 unspecified atom stereocenters. The van der Waals surface area contributed by atoms with Gasteiger partial charge in [-0.2, -0.15) is 0 Å². The van der Waals surface area contributed by atoms with Crippen molar-refractivity contribution in [2.24, 2.45) is 7.05 Å². The summed E-state index contributed by atoms with van der Waals surface area (Å²) in [6.07, 6.45) is 1.80. The molecule has 84 valence electrons. The van der Waals surface area contributed by atoms with Gasteiger partial charge in [0.1, 0.15) is 5.82 Å². The summed E-state index contributed by atoms with van der Waals surface area (Å²) in [4.78, 5) is 25.5. The molecule has 0 bridgehead atoms. The van der Waals surface area contributed by atoms with Crippen molar-refractivity contribution in [2.45, 2.75) is 0 Å². The van der Waals surface area contributed by atoms with Crippen LogP contribution in [0.3, 0.4) is 0 Å². The van der Waals surface area contributed by atoms with Crippen molar-refractivity contribution >= 4 is 17.6 Å². The molecule has 0 saturated heterocycles. The SMILES string of the molecule is Cn1cccc1N1C(=O)c2ccccc2C1=O. The van der Waals surface area contributed by atoms with Crippen molar-refractivity contribution < 1.29 is 9.59 Å². The third-order valence-electron chi connectivity index (χ3n) is 2.94. The second-order valence-electron chi connectivity index (χ2n) is 3.97. The van der Waals surface area contributed by atoms with E-state index in [0.29, 0.717) is 16.9 Å². The first kappa shape index (κ1) is 9.84. The van der Waals surface area contributed by atoms with Gasteiger partial charge < -0.3 is 4.57 Å². The minimum Gasteiger partial charge on any atom is -0.337 e. The Hall–Kier alpha value is -2.36. The average molecular weight is 226 g/mol. The number of aromatic nitrogens is 1. The Morgan fingerprint density at radius 3 is 1.94 bits per heavy atom. The van der Waals surface area contributed by atoms with E-state index in [1.165, 1.54) is 4.90 Å². The smallest absolute Gasteiger partial charge is 0.267 e. The van der Waals surface area contributed by atoms with Gasteiger partial charge in [-0.3, -0.25) is 9.59 Å². The number of aryl methyl sites for hydroxylation is 1. The van der Waals surface area contributed by atoms with Crippen LogP contribution in [0.15, 0.2) is 42.6 Å². The Bertz CT molecular complexity index is 593. The quantitative estimate of drug-likeness (QED) is 0.696. The molecular formula is C13H10N2O2. The molecule has 0 N–H and O–H groups in total. The first-order chi connectivity index (χ1) is 8.20. The van der Waals surface area contributed by atoms with Gasteiger partial charge in [-0.1, -0.05) is 12.1 Å². The molecule has 2 amide bonds. The van der Waals surface area contributed by atoms with Crippen LogP contribution in [0.25, 0.3) is 0 Å². The Balaban J connectivity index is 2.16. The Labute approximate surface area is 98.1 Å². The fourth-order valence-electron chi connectivity index (χ4n) is 2.08. The van der Waals surface area contributed by atoms with Crippen molar-refractivity contribution in [1.82, 2.24) is 4.57 Å². The minimum atomic E-state index is -0.257. The molecule has 0 fully saturated rings. The summed E-state index contributed by atoms with van der Waals surface area (Å²) < 4.78 is 1.75. The van der Waals surface area contributed by atoms with E-state index in [-0.39, 0.29) is 11.8 Å². The lowest BCUT2D eigenvalue weighted by molar-refractivity contribution is 0.0924. The van der Waals surface area contributed by atoms with E-state index in [4.69, 9.17) is 0 Å². The number of amides is 2. The van der Waals surface area contributed by atoms with Crippen LogP contribution >= 0.6 is 0 Å². The summed E-state index contributed by atoms with van der Waals surface area (Å²) in [5.41, 5.74) is 0.942. The third-order valence-corrected chi connectivity index (χ3v) is 2.94. The van der Waals surface area contributed by atoms with Crippen LogP contribution in [0.4, 0.5) is 5.82 Å². The van der Waals surface area contributed by atoms with Gasteiger partial charge in [0.2, 0.25) is 0 Å². The minimum absolute atomic E-state index is 0.257. The number of hydrogen-bond donors (Lipinski definition) is 0. The zero-order valence-electron chi connectivity index (χ0n) is 9.25. The van der Waals surface area contributed by atoms with Crippen molar-refractivity contribution in [3.63, 3.8) is 0 Å². The van der Waals surface area contributed by atoms with Crippen LogP contribution in [-0.2, 0) is 7.05 Å². The predicted molar refractivity (Wildman–Crippen MR) is 63.0 cm³/mol. The topological polar surface area (TPSA) is 42.3 Å². The van der Waals surface area contributed by atoms with E-state index in [1.807, 2.05) is 0 Å². The summed E-state index contributed by atoms with van der Waals surface area (Å²) >= 11 is 0. The molecule has 4 heteroatoms. The lowest BCUT2D eigenvalue weighted by Crippen LogP contribution is -2.30. The van der Waals surface area contributed by atoms with Gasteiger partial charge in [0.25, 0.3) is 11.8 Å². The summed E-state index contributed by atoms with van der Waals surface area (Å²) in [6.45, 7) is 0. The largest absolute Gasteiger partial charge is 0.337 e. The number of carbonyl (C=O) groups excluding carboxylic acids is 2. The van der Waals surface area contributed by atoms with Crippen molar-refractivity contribution in [3.8, 4) is 0 Å². The van der Waals surface area contributed by atoms with Crippen molar-refractivity contribution in [3.05, 3.63) is 53.7 Å². The van der Waals surface area contributed by atoms with E-state index < -0.39 is 0 Å². The van der Waals surface area contributed by atoms with Crippen LogP contribution in [0, 0.1) is 0 Å². The molecule has 0 spiro atoms. The van der Waals surface area contributed by atoms with E-state index in [1.54, 1.807) is 54.2 Å². The zero-order valence-corrected chi connectivity index (χ0v) is 9.25. The number of benzene rings is 1. The molecule has 1 aromatic heterocycles. The first-order valence-corrected chi connectivity index (χ1v) is 5.29. The first-order valence-electron chi connectivity index (χ1n) is 5.29. The number of nitrogens with zero attached hydrogens (tertiary/aromatic N) is 2. The normalized spacial score (nSPS) is 14.3. The molecule has 0 saturated carbocycles. The molecule has 0 aliphatic carbocycles. The average Bonchev–Trinajstić information content (AvgIpc) is 2.84. The lowest BCUT2D eigenvalue weighted by atomic mass is 10.1. The van der Waals surface area contributed by atoms with Crippen LogP contribution in [0.1, 0.15) is 20.7 Å². The molecule has 1 aliphatic rings. The summed E-state index contributed by atoms with van der Waals surface area (Å²) in [5.74, 6) is 0.0796.